The summed E-state index contributed by atoms with van der Waals surface area (Å²) in [5.41, 5.74) is 2.15. The SMILES string of the molecule is C=CC(=O)OCCCCCOc1cnc(-c2ccc(COC3CCCCC3)cc2)nc1. The molecule has 0 atom stereocenters. The lowest BCUT2D eigenvalue weighted by Crippen LogP contribution is -2.16. The molecule has 0 amide bonds. The second kappa shape index (κ2) is 12.8. The number of esters is 1. The Labute approximate surface area is 184 Å². The number of benzene rings is 1. The summed E-state index contributed by atoms with van der Waals surface area (Å²) in [5.74, 6) is 0.950. The predicted molar refractivity (Wildman–Crippen MR) is 120 cm³/mol. The molecule has 1 fully saturated rings. The maximum absolute atomic E-state index is 10.9. The fourth-order valence-corrected chi connectivity index (χ4v) is 3.54. The van der Waals surface area contributed by atoms with Gasteiger partial charge in [-0.3, -0.25) is 0 Å². The number of hydrogen-bond acceptors (Lipinski definition) is 6. The van der Waals surface area contributed by atoms with Gasteiger partial charge in [0.25, 0.3) is 0 Å². The van der Waals surface area contributed by atoms with Gasteiger partial charge in [-0.2, -0.15) is 0 Å². The van der Waals surface area contributed by atoms with Gasteiger partial charge in [0.05, 0.1) is 38.3 Å². The fourth-order valence-electron chi connectivity index (χ4n) is 3.54. The molecule has 0 spiro atoms. The highest BCUT2D eigenvalue weighted by atomic mass is 16.5. The van der Waals surface area contributed by atoms with Crippen molar-refractivity contribution >= 4 is 5.97 Å². The molecule has 0 aliphatic heterocycles. The summed E-state index contributed by atoms with van der Waals surface area (Å²) in [4.78, 5) is 19.8. The van der Waals surface area contributed by atoms with E-state index in [1.165, 1.54) is 43.7 Å². The normalized spacial score (nSPS) is 14.2. The average Bonchev–Trinajstić information content (AvgIpc) is 2.83. The highest BCUT2D eigenvalue weighted by molar-refractivity contribution is 5.81. The monoisotopic (exact) mass is 424 g/mol. The van der Waals surface area contributed by atoms with Gasteiger partial charge in [0.2, 0.25) is 0 Å². The van der Waals surface area contributed by atoms with Crippen LogP contribution in [0, 0.1) is 0 Å². The number of ether oxygens (including phenoxy) is 3. The molecule has 0 bridgehead atoms. The minimum Gasteiger partial charge on any atom is -0.490 e. The van der Waals surface area contributed by atoms with Crippen LogP contribution in [0.1, 0.15) is 56.9 Å². The van der Waals surface area contributed by atoms with Gasteiger partial charge in [0.15, 0.2) is 11.6 Å². The molecular weight excluding hydrogens is 392 g/mol. The zero-order valence-electron chi connectivity index (χ0n) is 18.1. The molecule has 0 N–H and O–H groups in total. The van der Waals surface area contributed by atoms with Gasteiger partial charge in [-0.15, -0.1) is 0 Å². The van der Waals surface area contributed by atoms with Crippen molar-refractivity contribution in [3.05, 3.63) is 54.9 Å². The van der Waals surface area contributed by atoms with E-state index >= 15 is 0 Å². The summed E-state index contributed by atoms with van der Waals surface area (Å²) in [6, 6.07) is 8.24. The van der Waals surface area contributed by atoms with E-state index in [0.717, 1.165) is 24.8 Å². The van der Waals surface area contributed by atoms with E-state index in [4.69, 9.17) is 14.2 Å². The lowest BCUT2D eigenvalue weighted by atomic mass is 9.98. The second-order valence-corrected chi connectivity index (χ2v) is 7.79. The molecule has 31 heavy (non-hydrogen) atoms. The van der Waals surface area contributed by atoms with Gasteiger partial charge in [-0.1, -0.05) is 50.1 Å². The van der Waals surface area contributed by atoms with Crippen LogP contribution in [0.3, 0.4) is 0 Å². The van der Waals surface area contributed by atoms with Crippen LogP contribution in [-0.4, -0.2) is 35.3 Å². The van der Waals surface area contributed by atoms with E-state index in [-0.39, 0.29) is 5.97 Å². The maximum atomic E-state index is 10.9. The second-order valence-electron chi connectivity index (χ2n) is 7.79. The minimum atomic E-state index is -0.379. The van der Waals surface area contributed by atoms with Crippen LogP contribution in [0.25, 0.3) is 11.4 Å². The molecule has 6 nitrogen and oxygen atoms in total. The van der Waals surface area contributed by atoms with E-state index in [9.17, 15) is 4.79 Å². The number of hydrogen-bond donors (Lipinski definition) is 0. The van der Waals surface area contributed by atoms with Gasteiger partial charge in [-0.25, -0.2) is 14.8 Å². The average molecular weight is 425 g/mol. The fraction of sp³-hybridized carbons (Fsp3) is 0.480. The van der Waals surface area contributed by atoms with Crippen molar-refractivity contribution in [1.29, 1.82) is 0 Å². The molecule has 0 unspecified atom stereocenters. The number of carbonyl (C=O) groups excluding carboxylic acids is 1. The molecule has 1 heterocycles. The number of unbranched alkanes of at least 4 members (excludes halogenated alkanes) is 2. The van der Waals surface area contributed by atoms with Crippen molar-refractivity contribution in [3.63, 3.8) is 0 Å². The van der Waals surface area contributed by atoms with E-state index in [2.05, 4.69) is 28.7 Å². The summed E-state index contributed by atoms with van der Waals surface area (Å²) < 4.78 is 16.7. The van der Waals surface area contributed by atoms with E-state index in [1.807, 2.05) is 12.1 Å². The van der Waals surface area contributed by atoms with Crippen molar-refractivity contribution in [2.24, 2.45) is 0 Å². The first-order valence-corrected chi connectivity index (χ1v) is 11.2. The molecule has 2 aromatic rings. The molecule has 1 aliphatic carbocycles. The standard InChI is InChI=1S/C25H32N2O4/c1-2-24(28)30-16-8-4-7-15-29-23-17-26-25(27-18-23)21-13-11-20(12-14-21)19-31-22-9-5-3-6-10-22/h2,11-14,17-18,22H,1,3-10,15-16,19H2. The summed E-state index contributed by atoms with van der Waals surface area (Å²) in [6.07, 6.45) is 13.9. The van der Waals surface area contributed by atoms with E-state index < -0.39 is 0 Å². The Morgan fingerprint density at radius 2 is 1.71 bits per heavy atom. The predicted octanol–water partition coefficient (Wildman–Crippen LogP) is 5.27. The number of nitrogens with zero attached hydrogens (tertiary/aromatic N) is 2. The Morgan fingerprint density at radius 3 is 2.42 bits per heavy atom. The third kappa shape index (κ3) is 8.13. The molecule has 3 rings (SSSR count). The molecule has 1 aliphatic rings. The molecule has 0 saturated heterocycles. The first-order chi connectivity index (χ1) is 15.2. The van der Waals surface area contributed by atoms with Gasteiger partial charge in [0.1, 0.15) is 0 Å². The highest BCUT2D eigenvalue weighted by Gasteiger charge is 2.13. The molecule has 0 radical (unpaired) electrons. The van der Waals surface area contributed by atoms with Crippen molar-refractivity contribution in [1.82, 2.24) is 9.97 Å². The zero-order valence-corrected chi connectivity index (χ0v) is 18.1. The Kier molecular flexibility index (Phi) is 9.51. The minimum absolute atomic E-state index is 0.379. The van der Waals surface area contributed by atoms with Gasteiger partial charge < -0.3 is 14.2 Å². The number of aromatic nitrogens is 2. The van der Waals surface area contributed by atoms with Gasteiger partial charge in [0, 0.05) is 11.6 Å². The zero-order chi connectivity index (χ0) is 21.7. The molecule has 1 saturated carbocycles. The van der Waals surface area contributed by atoms with Gasteiger partial charge in [-0.05, 0) is 37.7 Å². The van der Waals surface area contributed by atoms with E-state index in [0.29, 0.717) is 37.5 Å². The molecule has 166 valence electrons. The molecule has 6 heteroatoms. The van der Waals surface area contributed by atoms with Gasteiger partial charge >= 0.3 is 5.97 Å². The van der Waals surface area contributed by atoms with Crippen molar-refractivity contribution in [2.75, 3.05) is 13.2 Å². The van der Waals surface area contributed by atoms with Crippen molar-refractivity contribution < 1.29 is 19.0 Å². The third-order valence-corrected chi connectivity index (χ3v) is 5.35. The van der Waals surface area contributed by atoms with E-state index in [1.54, 1.807) is 12.4 Å². The lowest BCUT2D eigenvalue weighted by molar-refractivity contribution is -0.137. The first-order valence-electron chi connectivity index (χ1n) is 11.2. The Morgan fingerprint density at radius 1 is 1.00 bits per heavy atom. The number of rotatable bonds is 12. The van der Waals surface area contributed by atoms with Crippen LogP contribution in [0.4, 0.5) is 0 Å². The molecule has 1 aromatic carbocycles. The van der Waals surface area contributed by atoms with Crippen LogP contribution < -0.4 is 4.74 Å². The van der Waals surface area contributed by atoms with Crippen LogP contribution in [0.2, 0.25) is 0 Å². The topological polar surface area (TPSA) is 70.5 Å². The summed E-state index contributed by atoms with van der Waals surface area (Å²) >= 11 is 0. The lowest BCUT2D eigenvalue weighted by Gasteiger charge is -2.22. The Bertz CT molecular complexity index is 799. The number of carbonyl (C=O) groups is 1. The highest BCUT2D eigenvalue weighted by Crippen LogP contribution is 2.22. The Balaban J connectivity index is 1.36. The van der Waals surface area contributed by atoms with Crippen molar-refractivity contribution in [2.45, 2.75) is 64.1 Å². The van der Waals surface area contributed by atoms with Crippen LogP contribution in [0.15, 0.2) is 49.3 Å². The quantitative estimate of drug-likeness (QED) is 0.263. The third-order valence-electron chi connectivity index (χ3n) is 5.35. The summed E-state index contributed by atoms with van der Waals surface area (Å²) in [6.45, 7) is 5.01. The smallest absolute Gasteiger partial charge is 0.330 e. The maximum Gasteiger partial charge on any atom is 0.330 e. The molecule has 1 aromatic heterocycles. The summed E-state index contributed by atoms with van der Waals surface area (Å²) in [7, 11) is 0. The first kappa shape index (κ1) is 22.9. The summed E-state index contributed by atoms with van der Waals surface area (Å²) in [5, 5.41) is 0. The van der Waals surface area contributed by atoms with Crippen LogP contribution in [0.5, 0.6) is 5.75 Å². The molecular formula is C25H32N2O4. The van der Waals surface area contributed by atoms with Crippen LogP contribution >= 0.6 is 0 Å². The Hall–Kier alpha value is -2.73. The van der Waals surface area contributed by atoms with Crippen LogP contribution in [-0.2, 0) is 20.9 Å². The van der Waals surface area contributed by atoms with Crippen molar-refractivity contribution in [3.8, 4) is 17.1 Å². The largest absolute Gasteiger partial charge is 0.490 e.